The number of furan rings is 1. The Balaban J connectivity index is 1.71. The second kappa shape index (κ2) is 6.55. The topological polar surface area (TPSA) is 68.5 Å². The Bertz CT molecular complexity index is 1260. The van der Waals surface area contributed by atoms with Crippen LogP contribution in [-0.4, -0.2) is 36.1 Å². The zero-order valence-electron chi connectivity index (χ0n) is 16.0. The van der Waals surface area contributed by atoms with Gasteiger partial charge in [-0.15, -0.1) is 0 Å². The fourth-order valence-electron chi connectivity index (χ4n) is 3.47. The molecule has 2 heterocycles. The lowest BCUT2D eigenvalue weighted by Crippen LogP contribution is -2.22. The number of carbonyl (C=O) groups excluding carboxylic acids is 1. The summed E-state index contributed by atoms with van der Waals surface area (Å²) in [5, 5.41) is 0.669. The Morgan fingerprint density at radius 1 is 1.14 bits per heavy atom. The first-order chi connectivity index (χ1) is 14.0. The van der Waals surface area contributed by atoms with Crippen molar-refractivity contribution in [3.63, 3.8) is 0 Å². The molecule has 4 aromatic rings. The molecule has 7 heteroatoms. The molecule has 0 aliphatic heterocycles. The van der Waals surface area contributed by atoms with Crippen molar-refractivity contribution < 1.29 is 18.3 Å². The SMILES string of the molecule is COC(=O)c1ccc2nc(-c3cc4cc(F)ccc4o3)c(N(C)C3CC3)nc2c1. The predicted octanol–water partition coefficient (Wildman–Crippen LogP) is 4.57. The molecule has 0 radical (unpaired) electrons. The summed E-state index contributed by atoms with van der Waals surface area (Å²) in [6, 6.07) is 11.7. The monoisotopic (exact) mass is 391 g/mol. The van der Waals surface area contributed by atoms with Crippen molar-refractivity contribution in [2.24, 2.45) is 0 Å². The summed E-state index contributed by atoms with van der Waals surface area (Å²) < 4.78 is 24.4. The Morgan fingerprint density at radius 3 is 2.72 bits per heavy atom. The van der Waals surface area contributed by atoms with Crippen LogP contribution in [0.25, 0.3) is 33.5 Å². The third-order valence-corrected chi connectivity index (χ3v) is 5.21. The maximum absolute atomic E-state index is 13.6. The van der Waals surface area contributed by atoms with Crippen LogP contribution in [0.1, 0.15) is 23.2 Å². The number of rotatable bonds is 4. The third kappa shape index (κ3) is 3.08. The van der Waals surface area contributed by atoms with E-state index in [-0.39, 0.29) is 5.82 Å². The molecule has 5 rings (SSSR count). The summed E-state index contributed by atoms with van der Waals surface area (Å²) in [7, 11) is 3.32. The summed E-state index contributed by atoms with van der Waals surface area (Å²) in [5.41, 5.74) is 2.83. The smallest absolute Gasteiger partial charge is 0.337 e. The van der Waals surface area contributed by atoms with E-state index in [1.165, 1.54) is 19.2 Å². The largest absolute Gasteiger partial charge is 0.465 e. The molecule has 6 nitrogen and oxygen atoms in total. The van der Waals surface area contributed by atoms with Gasteiger partial charge in [0.2, 0.25) is 0 Å². The zero-order chi connectivity index (χ0) is 20.1. The normalized spacial score (nSPS) is 13.8. The fraction of sp³-hybridized carbons (Fsp3) is 0.227. The number of ether oxygens (including phenoxy) is 1. The van der Waals surface area contributed by atoms with Crippen LogP contribution < -0.4 is 4.90 Å². The van der Waals surface area contributed by atoms with Gasteiger partial charge >= 0.3 is 5.97 Å². The van der Waals surface area contributed by atoms with Gasteiger partial charge in [0.1, 0.15) is 17.1 Å². The molecule has 1 aliphatic carbocycles. The van der Waals surface area contributed by atoms with Gasteiger partial charge in [-0.05, 0) is 55.3 Å². The molecule has 2 aromatic carbocycles. The number of halogens is 1. The lowest BCUT2D eigenvalue weighted by Gasteiger charge is -2.20. The summed E-state index contributed by atoms with van der Waals surface area (Å²) >= 11 is 0. The number of nitrogens with zero attached hydrogens (tertiary/aromatic N) is 3. The molecular weight excluding hydrogens is 373 g/mol. The molecule has 0 atom stereocenters. The van der Waals surface area contributed by atoms with Gasteiger partial charge in [-0.25, -0.2) is 19.2 Å². The number of hydrogen-bond donors (Lipinski definition) is 0. The second-order valence-corrected chi connectivity index (χ2v) is 7.23. The summed E-state index contributed by atoms with van der Waals surface area (Å²) in [4.78, 5) is 23.5. The first-order valence-corrected chi connectivity index (χ1v) is 9.36. The zero-order valence-corrected chi connectivity index (χ0v) is 16.0. The lowest BCUT2D eigenvalue weighted by molar-refractivity contribution is 0.0601. The number of benzene rings is 2. The molecule has 1 fully saturated rings. The van der Waals surface area contributed by atoms with E-state index in [4.69, 9.17) is 19.1 Å². The molecule has 146 valence electrons. The molecule has 0 spiro atoms. The Labute approximate surface area is 165 Å². The molecule has 29 heavy (non-hydrogen) atoms. The predicted molar refractivity (Wildman–Crippen MR) is 107 cm³/mol. The van der Waals surface area contributed by atoms with Crippen LogP contribution in [-0.2, 0) is 4.74 Å². The molecular formula is C22H18FN3O3. The van der Waals surface area contributed by atoms with E-state index in [0.717, 1.165) is 12.8 Å². The molecule has 0 amide bonds. The van der Waals surface area contributed by atoms with Crippen LogP contribution in [0.3, 0.4) is 0 Å². The van der Waals surface area contributed by atoms with Crippen LogP contribution in [0.2, 0.25) is 0 Å². The molecule has 1 aliphatic rings. The summed E-state index contributed by atoms with van der Waals surface area (Å²) in [5.74, 6) is 0.454. The highest BCUT2D eigenvalue weighted by Crippen LogP contribution is 2.37. The van der Waals surface area contributed by atoms with E-state index in [0.29, 0.717) is 50.9 Å². The number of fused-ring (bicyclic) bond motifs is 2. The van der Waals surface area contributed by atoms with E-state index in [1.807, 2.05) is 7.05 Å². The number of carbonyl (C=O) groups is 1. The molecule has 0 unspecified atom stereocenters. The van der Waals surface area contributed by atoms with Crippen LogP contribution in [0.15, 0.2) is 46.9 Å². The number of hydrogen-bond acceptors (Lipinski definition) is 6. The molecule has 0 bridgehead atoms. The summed E-state index contributed by atoms with van der Waals surface area (Å²) in [6.45, 7) is 0. The van der Waals surface area contributed by atoms with Gasteiger partial charge in [-0.2, -0.15) is 0 Å². The summed E-state index contributed by atoms with van der Waals surface area (Å²) in [6.07, 6.45) is 2.17. The van der Waals surface area contributed by atoms with Crippen molar-refractivity contribution in [1.82, 2.24) is 9.97 Å². The molecule has 0 N–H and O–H groups in total. The van der Waals surface area contributed by atoms with Crippen molar-refractivity contribution in [3.8, 4) is 11.5 Å². The first kappa shape index (κ1) is 17.6. The van der Waals surface area contributed by atoms with E-state index in [9.17, 15) is 9.18 Å². The van der Waals surface area contributed by atoms with Gasteiger partial charge in [0.25, 0.3) is 0 Å². The van der Waals surface area contributed by atoms with Crippen molar-refractivity contribution in [2.45, 2.75) is 18.9 Å². The van der Waals surface area contributed by atoms with Gasteiger partial charge in [0.05, 0.1) is 23.7 Å². The Hall–Kier alpha value is -3.48. The van der Waals surface area contributed by atoms with Crippen LogP contribution >= 0.6 is 0 Å². The minimum absolute atomic E-state index is 0.319. The highest BCUT2D eigenvalue weighted by atomic mass is 19.1. The van der Waals surface area contributed by atoms with Gasteiger partial charge in [-0.1, -0.05) is 0 Å². The minimum atomic E-state index is -0.422. The quantitative estimate of drug-likeness (QED) is 0.475. The van der Waals surface area contributed by atoms with E-state index in [1.54, 1.807) is 30.3 Å². The number of anilines is 1. The fourth-order valence-corrected chi connectivity index (χ4v) is 3.47. The second-order valence-electron chi connectivity index (χ2n) is 7.23. The number of aromatic nitrogens is 2. The average Bonchev–Trinajstić information content (AvgIpc) is 3.50. The maximum atomic E-state index is 13.6. The molecule has 2 aromatic heterocycles. The van der Waals surface area contributed by atoms with Crippen LogP contribution in [0.5, 0.6) is 0 Å². The average molecular weight is 391 g/mol. The minimum Gasteiger partial charge on any atom is -0.465 e. The van der Waals surface area contributed by atoms with Crippen molar-refractivity contribution >= 4 is 33.8 Å². The molecule has 0 saturated heterocycles. The highest BCUT2D eigenvalue weighted by molar-refractivity contribution is 5.94. The van der Waals surface area contributed by atoms with E-state index < -0.39 is 5.97 Å². The van der Waals surface area contributed by atoms with Gasteiger partial charge < -0.3 is 14.1 Å². The Morgan fingerprint density at radius 2 is 1.97 bits per heavy atom. The first-order valence-electron chi connectivity index (χ1n) is 9.36. The number of methoxy groups -OCH3 is 1. The van der Waals surface area contributed by atoms with Crippen molar-refractivity contribution in [3.05, 3.63) is 53.8 Å². The van der Waals surface area contributed by atoms with Crippen LogP contribution in [0, 0.1) is 5.82 Å². The van der Waals surface area contributed by atoms with Crippen LogP contribution in [0.4, 0.5) is 10.2 Å². The Kier molecular flexibility index (Phi) is 3.97. The van der Waals surface area contributed by atoms with Crippen molar-refractivity contribution in [2.75, 3.05) is 19.1 Å². The van der Waals surface area contributed by atoms with E-state index in [2.05, 4.69) is 4.90 Å². The number of esters is 1. The van der Waals surface area contributed by atoms with E-state index >= 15 is 0 Å². The highest BCUT2D eigenvalue weighted by Gasteiger charge is 2.30. The van der Waals surface area contributed by atoms with Gasteiger partial charge in [-0.3, -0.25) is 0 Å². The lowest BCUT2D eigenvalue weighted by atomic mass is 10.1. The third-order valence-electron chi connectivity index (χ3n) is 5.21. The molecule has 1 saturated carbocycles. The van der Waals surface area contributed by atoms with Gasteiger partial charge in [0, 0.05) is 18.5 Å². The maximum Gasteiger partial charge on any atom is 0.337 e. The van der Waals surface area contributed by atoms with Gasteiger partial charge in [0.15, 0.2) is 11.6 Å². The standard InChI is InChI=1S/C22H18FN3O3/c1-26(15-5-6-15)21-20(19-11-13-9-14(23)4-8-18(13)29-19)24-16-7-3-12(22(27)28-2)10-17(16)25-21/h3-4,7-11,15H,5-6H2,1-2H3. The van der Waals surface area contributed by atoms with Crippen molar-refractivity contribution in [1.29, 1.82) is 0 Å².